The number of rotatable bonds is 4. The number of halogens is 1. The van der Waals surface area contributed by atoms with Crippen molar-refractivity contribution in [3.63, 3.8) is 0 Å². The maximum atomic E-state index is 5.44. The van der Waals surface area contributed by atoms with Gasteiger partial charge in [-0.3, -0.25) is 0 Å². The zero-order chi connectivity index (χ0) is 14.2. The lowest BCUT2D eigenvalue weighted by atomic mass is 10.2. The van der Waals surface area contributed by atoms with Crippen molar-refractivity contribution in [3.05, 3.63) is 47.5 Å². The molecule has 0 aromatic heterocycles. The Hall–Kier alpha value is -1.08. The number of hydrogen-bond acceptors (Lipinski definition) is 2. The summed E-state index contributed by atoms with van der Waals surface area (Å²) in [5.41, 5.74) is 2.51. The summed E-state index contributed by atoms with van der Waals surface area (Å²) in [6.07, 6.45) is 3.26. The second kappa shape index (κ2) is 9.78. The van der Waals surface area contributed by atoms with E-state index in [2.05, 4.69) is 28.5 Å². The summed E-state index contributed by atoms with van der Waals surface area (Å²) in [7, 11) is 4.01. The summed E-state index contributed by atoms with van der Waals surface area (Å²) < 4.78 is 5.44. The van der Waals surface area contributed by atoms with Gasteiger partial charge in [-0.1, -0.05) is 36.4 Å². The molecule has 0 saturated heterocycles. The second-order valence-corrected chi connectivity index (χ2v) is 5.08. The topological polar surface area (TPSA) is 36.9 Å². The van der Waals surface area contributed by atoms with Gasteiger partial charge in [0.05, 0.1) is 19.8 Å². The first-order valence-corrected chi connectivity index (χ1v) is 7.01. The van der Waals surface area contributed by atoms with E-state index in [0.717, 1.165) is 32.1 Å². The third-order valence-corrected chi connectivity index (χ3v) is 3.13. The van der Waals surface area contributed by atoms with Crippen LogP contribution in [0.5, 0.6) is 0 Å². The van der Waals surface area contributed by atoms with Crippen LogP contribution in [0.2, 0.25) is 0 Å². The first-order chi connectivity index (χ1) is 9.75. The van der Waals surface area contributed by atoms with Crippen molar-refractivity contribution in [2.24, 2.45) is 4.99 Å². The van der Waals surface area contributed by atoms with Crippen LogP contribution < -0.4 is 5.32 Å². The van der Waals surface area contributed by atoms with Crippen LogP contribution in [-0.4, -0.2) is 44.7 Å². The maximum Gasteiger partial charge on any atom is 0.193 e. The minimum atomic E-state index is 0. The molecule has 1 N–H and O–H groups in total. The van der Waals surface area contributed by atoms with E-state index >= 15 is 0 Å². The van der Waals surface area contributed by atoms with E-state index in [1.54, 1.807) is 0 Å². The number of aliphatic imine (C=N–C) groups is 1. The van der Waals surface area contributed by atoms with E-state index in [-0.39, 0.29) is 24.0 Å². The Morgan fingerprint density at radius 2 is 2.05 bits per heavy atom. The minimum absolute atomic E-state index is 0. The molecule has 0 atom stereocenters. The lowest BCUT2D eigenvalue weighted by Crippen LogP contribution is -2.38. The van der Waals surface area contributed by atoms with Crippen LogP contribution in [0.4, 0.5) is 0 Å². The molecular formula is C16H24IN3O. The molecule has 0 bridgehead atoms. The Morgan fingerprint density at radius 3 is 2.67 bits per heavy atom. The summed E-state index contributed by atoms with van der Waals surface area (Å²) in [6.45, 7) is 3.06. The molecule has 5 heteroatoms. The van der Waals surface area contributed by atoms with E-state index in [1.807, 2.05) is 37.2 Å². The van der Waals surface area contributed by atoms with Gasteiger partial charge in [0, 0.05) is 20.6 Å². The number of hydrogen-bond donors (Lipinski definition) is 1. The Kier molecular flexibility index (Phi) is 8.37. The summed E-state index contributed by atoms with van der Waals surface area (Å²) in [5.74, 6) is 0.903. The van der Waals surface area contributed by atoms with E-state index in [4.69, 9.17) is 4.74 Å². The van der Waals surface area contributed by atoms with Crippen molar-refractivity contribution in [3.8, 4) is 0 Å². The molecule has 116 valence electrons. The number of nitrogens with one attached hydrogen (secondary N) is 1. The molecule has 21 heavy (non-hydrogen) atoms. The van der Waals surface area contributed by atoms with Gasteiger partial charge in [0.1, 0.15) is 0 Å². The highest BCUT2D eigenvalue weighted by atomic mass is 127. The van der Waals surface area contributed by atoms with Crippen molar-refractivity contribution in [1.82, 2.24) is 10.2 Å². The van der Waals surface area contributed by atoms with Gasteiger partial charge in [0.2, 0.25) is 0 Å². The molecule has 2 rings (SSSR count). The van der Waals surface area contributed by atoms with Crippen molar-refractivity contribution in [1.29, 1.82) is 0 Å². The molecule has 0 aliphatic carbocycles. The van der Waals surface area contributed by atoms with E-state index in [1.165, 1.54) is 11.1 Å². The SMILES string of the molecule is CN(C)C(=NCc1ccccc1)NCC1=CCCOC1.I. The summed E-state index contributed by atoms with van der Waals surface area (Å²) in [6, 6.07) is 10.3. The largest absolute Gasteiger partial charge is 0.377 e. The molecule has 0 radical (unpaired) electrons. The minimum Gasteiger partial charge on any atom is -0.377 e. The van der Waals surface area contributed by atoms with Crippen molar-refractivity contribution < 1.29 is 4.74 Å². The summed E-state index contributed by atoms with van der Waals surface area (Å²) in [4.78, 5) is 6.65. The molecular weight excluding hydrogens is 377 g/mol. The van der Waals surface area contributed by atoms with Crippen molar-refractivity contribution >= 4 is 29.9 Å². The maximum absolute atomic E-state index is 5.44. The van der Waals surface area contributed by atoms with Gasteiger partial charge < -0.3 is 15.0 Å². The number of ether oxygens (including phenoxy) is 1. The molecule has 0 saturated carbocycles. The summed E-state index contributed by atoms with van der Waals surface area (Å²) in [5, 5.41) is 3.39. The van der Waals surface area contributed by atoms with Gasteiger partial charge in [-0.2, -0.15) is 0 Å². The molecule has 0 amide bonds. The number of guanidine groups is 1. The molecule has 4 nitrogen and oxygen atoms in total. The zero-order valence-electron chi connectivity index (χ0n) is 12.7. The highest BCUT2D eigenvalue weighted by molar-refractivity contribution is 14.0. The molecule has 0 unspecified atom stereocenters. The Balaban J connectivity index is 0.00000220. The fourth-order valence-electron chi connectivity index (χ4n) is 2.03. The second-order valence-electron chi connectivity index (χ2n) is 5.08. The molecule has 1 aromatic rings. The van der Waals surface area contributed by atoms with E-state index in [9.17, 15) is 0 Å². The monoisotopic (exact) mass is 401 g/mol. The highest BCUT2D eigenvalue weighted by Gasteiger charge is 2.06. The molecule has 1 aromatic carbocycles. The fourth-order valence-corrected chi connectivity index (χ4v) is 2.03. The number of benzene rings is 1. The van der Waals surface area contributed by atoms with Gasteiger partial charge in [0.15, 0.2) is 5.96 Å². The highest BCUT2D eigenvalue weighted by Crippen LogP contribution is 2.05. The fraction of sp³-hybridized carbons (Fsp3) is 0.438. The standard InChI is InChI=1S/C16H23N3O.HI/c1-19(2)16(17-11-14-7-4-3-5-8-14)18-12-15-9-6-10-20-13-15;/h3-5,7-9H,6,10-13H2,1-2H3,(H,17,18);1H. The van der Waals surface area contributed by atoms with Crippen LogP contribution in [0.3, 0.4) is 0 Å². The van der Waals surface area contributed by atoms with Gasteiger partial charge in [-0.05, 0) is 17.6 Å². The molecule has 1 heterocycles. The van der Waals surface area contributed by atoms with Crippen LogP contribution >= 0.6 is 24.0 Å². The Morgan fingerprint density at radius 1 is 1.29 bits per heavy atom. The number of nitrogens with zero attached hydrogens (tertiary/aromatic N) is 2. The van der Waals surface area contributed by atoms with Crippen LogP contribution in [0.1, 0.15) is 12.0 Å². The molecule has 1 aliphatic heterocycles. The first kappa shape index (κ1) is 18.0. The van der Waals surface area contributed by atoms with E-state index in [0.29, 0.717) is 6.54 Å². The van der Waals surface area contributed by atoms with Gasteiger partial charge in [-0.15, -0.1) is 24.0 Å². The van der Waals surface area contributed by atoms with Crippen LogP contribution in [0.15, 0.2) is 47.0 Å². The van der Waals surface area contributed by atoms with Gasteiger partial charge in [0.25, 0.3) is 0 Å². The molecule has 0 fully saturated rings. The smallest absolute Gasteiger partial charge is 0.193 e. The van der Waals surface area contributed by atoms with Gasteiger partial charge >= 0.3 is 0 Å². The van der Waals surface area contributed by atoms with Crippen molar-refractivity contribution in [2.75, 3.05) is 33.9 Å². The van der Waals surface area contributed by atoms with Crippen LogP contribution in [-0.2, 0) is 11.3 Å². The predicted molar refractivity (Wildman–Crippen MR) is 98.2 cm³/mol. The summed E-state index contributed by atoms with van der Waals surface area (Å²) >= 11 is 0. The lowest BCUT2D eigenvalue weighted by Gasteiger charge is -2.20. The van der Waals surface area contributed by atoms with Crippen LogP contribution in [0, 0.1) is 0 Å². The quantitative estimate of drug-likeness (QED) is 0.365. The predicted octanol–water partition coefficient (Wildman–Crippen LogP) is 2.66. The molecule has 0 spiro atoms. The van der Waals surface area contributed by atoms with Crippen molar-refractivity contribution in [2.45, 2.75) is 13.0 Å². The molecule has 1 aliphatic rings. The average Bonchev–Trinajstić information content (AvgIpc) is 2.49. The first-order valence-electron chi connectivity index (χ1n) is 7.01. The Labute approximate surface area is 144 Å². The average molecular weight is 401 g/mol. The Bertz CT molecular complexity index is 472. The normalized spacial score (nSPS) is 15.0. The van der Waals surface area contributed by atoms with Crippen LogP contribution in [0.25, 0.3) is 0 Å². The zero-order valence-corrected chi connectivity index (χ0v) is 15.0. The third-order valence-electron chi connectivity index (χ3n) is 3.13. The lowest BCUT2D eigenvalue weighted by molar-refractivity contribution is 0.149. The third kappa shape index (κ3) is 6.48. The van der Waals surface area contributed by atoms with E-state index < -0.39 is 0 Å². The van der Waals surface area contributed by atoms with Gasteiger partial charge in [-0.25, -0.2) is 4.99 Å².